The molecular formula is C22H27BrClNO. The fraction of sp³-hybridized carbons (Fsp3) is 0.455. The lowest BCUT2D eigenvalue weighted by atomic mass is 9.90. The van der Waals surface area contributed by atoms with Crippen molar-refractivity contribution in [2.45, 2.75) is 32.6 Å². The van der Waals surface area contributed by atoms with Crippen LogP contribution in [-0.2, 0) is 12.8 Å². The molecule has 2 aromatic carbocycles. The second-order valence-corrected chi connectivity index (χ2v) is 8.35. The molecule has 1 fully saturated rings. The van der Waals surface area contributed by atoms with Crippen LogP contribution < -0.4 is 4.74 Å². The summed E-state index contributed by atoms with van der Waals surface area (Å²) in [5.41, 5.74) is 2.70. The van der Waals surface area contributed by atoms with Crippen LogP contribution in [0.3, 0.4) is 0 Å². The number of hydrogen-bond donors (Lipinski definition) is 0. The highest BCUT2D eigenvalue weighted by Gasteiger charge is 2.20. The van der Waals surface area contributed by atoms with E-state index in [2.05, 4.69) is 51.2 Å². The Morgan fingerprint density at radius 3 is 2.73 bits per heavy atom. The van der Waals surface area contributed by atoms with Gasteiger partial charge in [0.15, 0.2) is 0 Å². The molecule has 0 spiro atoms. The minimum atomic E-state index is 0.722. The molecule has 0 atom stereocenters. The second-order valence-electron chi connectivity index (χ2n) is 7.06. The zero-order valence-corrected chi connectivity index (χ0v) is 17.7. The van der Waals surface area contributed by atoms with E-state index in [1.54, 1.807) is 0 Å². The summed E-state index contributed by atoms with van der Waals surface area (Å²) in [6.07, 6.45) is 4.73. The number of likely N-dealkylation sites (tertiary alicyclic amines) is 1. The van der Waals surface area contributed by atoms with Crippen LogP contribution in [0.2, 0.25) is 5.02 Å². The molecule has 4 heteroatoms. The van der Waals surface area contributed by atoms with Crippen molar-refractivity contribution in [2.24, 2.45) is 5.92 Å². The summed E-state index contributed by atoms with van der Waals surface area (Å²) < 4.78 is 6.78. The van der Waals surface area contributed by atoms with Gasteiger partial charge >= 0.3 is 0 Å². The number of nitrogens with zero attached hydrogens (tertiary/aromatic N) is 1. The molecular weight excluding hydrogens is 410 g/mol. The zero-order chi connectivity index (χ0) is 18.4. The summed E-state index contributed by atoms with van der Waals surface area (Å²) in [7, 11) is 0. The molecule has 1 aliphatic heterocycles. The summed E-state index contributed by atoms with van der Waals surface area (Å²) in [5, 5.41) is 0.829. The smallest absolute Gasteiger partial charge is 0.119 e. The molecule has 0 saturated carbocycles. The van der Waals surface area contributed by atoms with Crippen molar-refractivity contribution in [1.82, 2.24) is 4.90 Å². The van der Waals surface area contributed by atoms with Gasteiger partial charge in [0.2, 0.25) is 0 Å². The standard InChI is InChI=1S/C22H27BrClNO/c1-2-26-21-5-3-4-17(15-21)8-11-25-12-9-18(10-13-25)14-19-16-20(24)6-7-22(19)23/h3-7,15-16,18H,2,8-14H2,1H3. The highest BCUT2D eigenvalue weighted by Crippen LogP contribution is 2.28. The van der Waals surface area contributed by atoms with Gasteiger partial charge in [-0.05, 0) is 93.1 Å². The Morgan fingerprint density at radius 1 is 1.15 bits per heavy atom. The highest BCUT2D eigenvalue weighted by molar-refractivity contribution is 9.10. The van der Waals surface area contributed by atoms with E-state index in [9.17, 15) is 0 Å². The lowest BCUT2D eigenvalue weighted by Crippen LogP contribution is -2.35. The molecule has 0 aliphatic carbocycles. The molecule has 1 aliphatic rings. The number of hydrogen-bond acceptors (Lipinski definition) is 2. The van der Waals surface area contributed by atoms with Gasteiger partial charge in [0.25, 0.3) is 0 Å². The van der Waals surface area contributed by atoms with Crippen molar-refractivity contribution in [3.05, 3.63) is 63.1 Å². The van der Waals surface area contributed by atoms with Gasteiger partial charge in [0.1, 0.15) is 5.75 Å². The first-order chi connectivity index (χ1) is 12.6. The van der Waals surface area contributed by atoms with Gasteiger partial charge in [-0.25, -0.2) is 0 Å². The van der Waals surface area contributed by atoms with Crippen molar-refractivity contribution in [3.63, 3.8) is 0 Å². The van der Waals surface area contributed by atoms with Crippen molar-refractivity contribution in [3.8, 4) is 5.75 Å². The fourth-order valence-corrected chi connectivity index (χ4v) is 4.27. The van der Waals surface area contributed by atoms with Gasteiger partial charge in [-0.3, -0.25) is 0 Å². The number of halogens is 2. The van der Waals surface area contributed by atoms with Crippen molar-refractivity contribution in [1.29, 1.82) is 0 Å². The van der Waals surface area contributed by atoms with Crippen molar-refractivity contribution >= 4 is 27.5 Å². The fourth-order valence-electron chi connectivity index (χ4n) is 3.67. The summed E-state index contributed by atoms with van der Waals surface area (Å²) in [6, 6.07) is 14.6. The summed E-state index contributed by atoms with van der Waals surface area (Å²) >= 11 is 9.81. The second kappa shape index (κ2) is 9.77. The number of ether oxygens (including phenoxy) is 1. The first-order valence-corrected chi connectivity index (χ1v) is 10.7. The third-order valence-electron chi connectivity index (χ3n) is 5.15. The average molecular weight is 437 g/mol. The van der Waals surface area contributed by atoms with Crippen LogP contribution in [0.5, 0.6) is 5.75 Å². The predicted molar refractivity (Wildman–Crippen MR) is 113 cm³/mol. The molecule has 2 nitrogen and oxygen atoms in total. The van der Waals surface area contributed by atoms with Gasteiger partial charge in [-0.2, -0.15) is 0 Å². The maximum atomic E-state index is 6.15. The van der Waals surface area contributed by atoms with Gasteiger partial charge in [-0.1, -0.05) is 39.7 Å². The van der Waals surface area contributed by atoms with Crippen LogP contribution in [0, 0.1) is 5.92 Å². The Hall–Kier alpha value is -1.03. The molecule has 3 rings (SSSR count). The van der Waals surface area contributed by atoms with E-state index in [0.717, 1.165) is 42.7 Å². The quantitative estimate of drug-likeness (QED) is 0.528. The minimum Gasteiger partial charge on any atom is -0.494 e. The summed E-state index contributed by atoms with van der Waals surface area (Å²) in [5.74, 6) is 1.73. The third-order valence-corrected chi connectivity index (χ3v) is 6.16. The SMILES string of the molecule is CCOc1cccc(CCN2CCC(Cc3cc(Cl)ccc3Br)CC2)c1. The van der Waals surface area contributed by atoms with Crippen LogP contribution in [0.25, 0.3) is 0 Å². The van der Waals surface area contributed by atoms with Crippen molar-refractivity contribution in [2.75, 3.05) is 26.2 Å². The van der Waals surface area contributed by atoms with Crippen LogP contribution in [-0.4, -0.2) is 31.1 Å². The first-order valence-electron chi connectivity index (χ1n) is 9.52. The van der Waals surface area contributed by atoms with Crippen LogP contribution in [0.15, 0.2) is 46.9 Å². The van der Waals surface area contributed by atoms with Gasteiger partial charge < -0.3 is 9.64 Å². The molecule has 2 aromatic rings. The van der Waals surface area contributed by atoms with Crippen LogP contribution in [0.4, 0.5) is 0 Å². The van der Waals surface area contributed by atoms with E-state index in [4.69, 9.17) is 16.3 Å². The van der Waals surface area contributed by atoms with E-state index < -0.39 is 0 Å². The van der Waals surface area contributed by atoms with Gasteiger partial charge in [0.05, 0.1) is 6.61 Å². The van der Waals surface area contributed by atoms with E-state index in [1.807, 2.05) is 19.1 Å². The molecule has 1 saturated heterocycles. The van der Waals surface area contributed by atoms with E-state index in [0.29, 0.717) is 0 Å². The van der Waals surface area contributed by atoms with Crippen molar-refractivity contribution < 1.29 is 4.74 Å². The Bertz CT molecular complexity index is 713. The molecule has 0 radical (unpaired) electrons. The Balaban J connectivity index is 1.45. The lowest BCUT2D eigenvalue weighted by molar-refractivity contribution is 0.186. The molecule has 0 bridgehead atoms. The van der Waals surface area contributed by atoms with E-state index in [1.165, 1.54) is 41.5 Å². The predicted octanol–water partition coefficient (Wildman–Crippen LogP) is 6.00. The van der Waals surface area contributed by atoms with Crippen LogP contribution in [0.1, 0.15) is 30.9 Å². The van der Waals surface area contributed by atoms with E-state index in [-0.39, 0.29) is 0 Å². The third kappa shape index (κ3) is 5.73. The molecule has 0 aromatic heterocycles. The lowest BCUT2D eigenvalue weighted by Gasteiger charge is -2.32. The highest BCUT2D eigenvalue weighted by atomic mass is 79.9. The Kier molecular flexibility index (Phi) is 7.42. The summed E-state index contributed by atoms with van der Waals surface area (Å²) in [4.78, 5) is 2.59. The molecule has 0 amide bonds. The largest absolute Gasteiger partial charge is 0.494 e. The van der Waals surface area contributed by atoms with Gasteiger partial charge in [0, 0.05) is 16.0 Å². The maximum Gasteiger partial charge on any atom is 0.119 e. The monoisotopic (exact) mass is 435 g/mol. The molecule has 26 heavy (non-hydrogen) atoms. The Labute approximate surface area is 170 Å². The maximum absolute atomic E-state index is 6.15. The van der Waals surface area contributed by atoms with Crippen LogP contribution >= 0.6 is 27.5 Å². The summed E-state index contributed by atoms with van der Waals surface area (Å²) in [6.45, 7) is 6.25. The Morgan fingerprint density at radius 2 is 1.96 bits per heavy atom. The number of benzene rings is 2. The first kappa shape index (κ1) is 19.7. The number of piperidine rings is 1. The molecule has 0 unspecified atom stereocenters. The minimum absolute atomic E-state index is 0.722. The number of rotatable bonds is 7. The molecule has 1 heterocycles. The average Bonchev–Trinajstić information content (AvgIpc) is 2.65. The molecule has 0 N–H and O–H groups in total. The topological polar surface area (TPSA) is 12.5 Å². The normalized spacial score (nSPS) is 16.0. The van der Waals surface area contributed by atoms with E-state index >= 15 is 0 Å². The molecule has 140 valence electrons. The van der Waals surface area contributed by atoms with Gasteiger partial charge in [-0.15, -0.1) is 0 Å². The zero-order valence-electron chi connectivity index (χ0n) is 15.4.